The molecule has 1 aliphatic carbocycles. The molecule has 1 aliphatic heterocycles. The van der Waals surface area contributed by atoms with Gasteiger partial charge in [-0.2, -0.15) is 0 Å². The van der Waals surface area contributed by atoms with Crippen molar-refractivity contribution in [3.8, 4) is 11.5 Å². The zero-order valence-corrected chi connectivity index (χ0v) is 24.9. The van der Waals surface area contributed by atoms with Crippen molar-refractivity contribution >= 4 is 11.5 Å². The standard InChI is InChI=1S/C30H40N2O3.C2H6.H3N/c1-7-8-9-10-14-29(3,4)22-17-26(34-20(2)33)28-23-16-21(25-13-15-31-19-32-25)11-12-24(23)30(5,6)35-27(28)18-22;1-2;/h11,13,15,17-19,23-24H,7-10,12,14,16H2,1-6H3;1-2H3;1H3/t23-,24-;;/m1../s1. The number of hydrogen-bond acceptors (Lipinski definition) is 6. The Bertz CT molecular complexity index is 1090. The van der Waals surface area contributed by atoms with Crippen LogP contribution in [-0.2, 0) is 10.2 Å². The molecule has 0 fully saturated rings. The zero-order chi connectivity index (χ0) is 27.2. The Morgan fingerprint density at radius 2 is 1.92 bits per heavy atom. The van der Waals surface area contributed by atoms with Crippen LogP contribution in [0.2, 0.25) is 0 Å². The topological polar surface area (TPSA) is 96.3 Å². The van der Waals surface area contributed by atoms with Gasteiger partial charge in [0, 0.05) is 30.5 Å². The van der Waals surface area contributed by atoms with Crippen LogP contribution >= 0.6 is 0 Å². The van der Waals surface area contributed by atoms with Crippen molar-refractivity contribution in [3.05, 3.63) is 53.6 Å². The maximum atomic E-state index is 12.2. The van der Waals surface area contributed by atoms with E-state index in [1.165, 1.54) is 43.7 Å². The summed E-state index contributed by atoms with van der Waals surface area (Å²) >= 11 is 0. The van der Waals surface area contributed by atoms with Gasteiger partial charge in [0.15, 0.2) is 0 Å². The summed E-state index contributed by atoms with van der Waals surface area (Å²) in [7, 11) is 0. The molecule has 4 rings (SSSR count). The normalized spacial score (nSPS) is 19.3. The number of rotatable bonds is 8. The lowest BCUT2D eigenvalue weighted by Crippen LogP contribution is -2.45. The number of unbranched alkanes of at least 4 members (excludes halogenated alkanes) is 3. The molecule has 6 heteroatoms. The molecule has 0 radical (unpaired) electrons. The third kappa shape index (κ3) is 7.02. The van der Waals surface area contributed by atoms with E-state index in [2.05, 4.69) is 62.8 Å². The van der Waals surface area contributed by atoms with E-state index in [-0.39, 0.29) is 35.0 Å². The minimum absolute atomic E-state index is 0. The SMILES string of the molecule is CC.CCCCCCC(C)(C)c1cc(OC(C)=O)c2c(c1)OC(C)(C)[C@@H]1CC=C(c3ccncn3)C[C@@H]21.N. The third-order valence-electron chi connectivity index (χ3n) is 7.89. The van der Waals surface area contributed by atoms with E-state index in [9.17, 15) is 4.79 Å². The van der Waals surface area contributed by atoms with Crippen LogP contribution in [0.15, 0.2) is 36.8 Å². The molecule has 0 bridgehead atoms. The quantitative estimate of drug-likeness (QED) is 0.211. The first kappa shape index (κ1) is 31.5. The summed E-state index contributed by atoms with van der Waals surface area (Å²) in [5, 5.41) is 0. The fraction of sp³-hybridized carbons (Fsp3) is 0.594. The summed E-state index contributed by atoms with van der Waals surface area (Å²) < 4.78 is 12.6. The highest BCUT2D eigenvalue weighted by Gasteiger charge is 2.47. The average molecular weight is 524 g/mol. The maximum absolute atomic E-state index is 12.2. The van der Waals surface area contributed by atoms with Crippen LogP contribution in [0.3, 0.4) is 0 Å². The van der Waals surface area contributed by atoms with Gasteiger partial charge in [-0.3, -0.25) is 4.79 Å². The molecule has 6 nitrogen and oxygen atoms in total. The van der Waals surface area contributed by atoms with E-state index in [1.807, 2.05) is 19.9 Å². The molecule has 38 heavy (non-hydrogen) atoms. The van der Waals surface area contributed by atoms with Crippen molar-refractivity contribution in [2.75, 3.05) is 0 Å². The monoisotopic (exact) mass is 523 g/mol. The number of aromatic nitrogens is 2. The maximum Gasteiger partial charge on any atom is 0.308 e. The van der Waals surface area contributed by atoms with Crippen LogP contribution in [0.1, 0.15) is 123 Å². The molecule has 0 saturated carbocycles. The molecule has 2 atom stereocenters. The number of carbonyl (C=O) groups is 1. The summed E-state index contributed by atoms with van der Waals surface area (Å²) in [5.74, 6) is 1.67. The minimum atomic E-state index is -0.331. The number of esters is 1. The van der Waals surface area contributed by atoms with Gasteiger partial charge in [-0.25, -0.2) is 9.97 Å². The highest BCUT2D eigenvalue weighted by Crippen LogP contribution is 2.56. The first-order valence-electron chi connectivity index (χ1n) is 14.1. The van der Waals surface area contributed by atoms with Crippen LogP contribution in [0, 0.1) is 5.92 Å². The number of carbonyl (C=O) groups excluding carboxylic acids is 1. The fourth-order valence-corrected chi connectivity index (χ4v) is 5.84. The summed E-state index contributed by atoms with van der Waals surface area (Å²) in [6, 6.07) is 6.28. The van der Waals surface area contributed by atoms with Crippen molar-refractivity contribution < 1.29 is 14.3 Å². The molecule has 0 unspecified atom stereocenters. The number of benzene rings is 1. The van der Waals surface area contributed by atoms with Crippen molar-refractivity contribution in [2.24, 2.45) is 5.92 Å². The van der Waals surface area contributed by atoms with Gasteiger partial charge in [0.2, 0.25) is 0 Å². The number of nitrogens with zero attached hydrogens (tertiary/aromatic N) is 2. The Morgan fingerprint density at radius 3 is 2.55 bits per heavy atom. The minimum Gasteiger partial charge on any atom is -0.487 e. The van der Waals surface area contributed by atoms with Gasteiger partial charge in [-0.1, -0.05) is 66.4 Å². The van der Waals surface area contributed by atoms with Gasteiger partial charge in [-0.15, -0.1) is 0 Å². The van der Waals surface area contributed by atoms with E-state index < -0.39 is 0 Å². The van der Waals surface area contributed by atoms with Gasteiger partial charge in [0.25, 0.3) is 0 Å². The second kappa shape index (κ2) is 13.4. The molecule has 1 aromatic heterocycles. The predicted octanol–water partition coefficient (Wildman–Crippen LogP) is 8.59. The number of fused-ring (bicyclic) bond motifs is 3. The Hall–Kier alpha value is -2.73. The van der Waals surface area contributed by atoms with Crippen LogP contribution in [-0.4, -0.2) is 21.5 Å². The Labute approximate surface area is 230 Å². The summed E-state index contributed by atoms with van der Waals surface area (Å²) in [6.45, 7) is 16.7. The van der Waals surface area contributed by atoms with E-state index in [0.717, 1.165) is 36.3 Å². The number of ether oxygens (including phenoxy) is 2. The van der Waals surface area contributed by atoms with Crippen molar-refractivity contribution in [1.82, 2.24) is 16.1 Å². The van der Waals surface area contributed by atoms with E-state index in [4.69, 9.17) is 9.47 Å². The van der Waals surface area contributed by atoms with Gasteiger partial charge in [-0.05, 0) is 67.9 Å². The van der Waals surface area contributed by atoms with E-state index in [0.29, 0.717) is 5.75 Å². The zero-order valence-electron chi connectivity index (χ0n) is 24.9. The first-order chi connectivity index (χ1) is 17.6. The van der Waals surface area contributed by atoms with Crippen LogP contribution in [0.25, 0.3) is 5.57 Å². The smallest absolute Gasteiger partial charge is 0.308 e. The summed E-state index contributed by atoms with van der Waals surface area (Å²) in [4.78, 5) is 20.8. The second-order valence-corrected chi connectivity index (χ2v) is 11.4. The highest BCUT2D eigenvalue weighted by atomic mass is 16.5. The predicted molar refractivity (Wildman–Crippen MR) is 156 cm³/mol. The molecule has 0 saturated heterocycles. The Morgan fingerprint density at radius 1 is 1.18 bits per heavy atom. The third-order valence-corrected chi connectivity index (χ3v) is 7.89. The number of hydrogen-bond donors (Lipinski definition) is 1. The molecule has 210 valence electrons. The highest BCUT2D eigenvalue weighted by molar-refractivity contribution is 5.72. The molecule has 3 N–H and O–H groups in total. The molecule has 0 spiro atoms. The summed E-state index contributed by atoms with van der Waals surface area (Å²) in [6.07, 6.45) is 13.4. The molecule has 1 aromatic carbocycles. The molecule has 2 aromatic rings. The lowest BCUT2D eigenvalue weighted by molar-refractivity contribution is -0.132. The number of allylic oxidation sites excluding steroid dienone is 2. The molecular formula is C32H49N3O3. The average Bonchev–Trinajstić information content (AvgIpc) is 2.87. The van der Waals surface area contributed by atoms with Crippen LogP contribution < -0.4 is 15.6 Å². The Kier molecular flexibility index (Phi) is 11.1. The summed E-state index contributed by atoms with van der Waals surface area (Å²) in [5.41, 5.74) is 3.99. The molecule has 2 heterocycles. The van der Waals surface area contributed by atoms with Gasteiger partial charge >= 0.3 is 5.97 Å². The molecule has 2 aliphatic rings. The first-order valence-corrected chi connectivity index (χ1v) is 14.1. The van der Waals surface area contributed by atoms with Crippen LogP contribution in [0.4, 0.5) is 0 Å². The van der Waals surface area contributed by atoms with Crippen molar-refractivity contribution in [2.45, 2.75) is 117 Å². The van der Waals surface area contributed by atoms with Gasteiger partial charge in [0.05, 0.1) is 5.69 Å². The lowest BCUT2D eigenvalue weighted by Gasteiger charge is -2.47. The van der Waals surface area contributed by atoms with E-state index in [1.54, 1.807) is 12.5 Å². The van der Waals surface area contributed by atoms with E-state index >= 15 is 0 Å². The van der Waals surface area contributed by atoms with Crippen molar-refractivity contribution in [3.63, 3.8) is 0 Å². The van der Waals surface area contributed by atoms with Gasteiger partial charge < -0.3 is 15.6 Å². The van der Waals surface area contributed by atoms with Crippen molar-refractivity contribution in [1.29, 1.82) is 0 Å². The lowest BCUT2D eigenvalue weighted by atomic mass is 9.66. The Balaban J connectivity index is 0.00000165. The second-order valence-electron chi connectivity index (χ2n) is 11.4. The molecule has 0 amide bonds. The largest absolute Gasteiger partial charge is 0.487 e. The van der Waals surface area contributed by atoms with Crippen LogP contribution in [0.5, 0.6) is 11.5 Å². The molecular weight excluding hydrogens is 474 g/mol. The fourth-order valence-electron chi connectivity index (χ4n) is 5.84. The van der Waals surface area contributed by atoms with Gasteiger partial charge in [0.1, 0.15) is 23.4 Å².